The highest BCUT2D eigenvalue weighted by Gasteiger charge is 2.24. The third kappa shape index (κ3) is 1.81. The molecule has 0 amide bonds. The maximum Gasteiger partial charge on any atom is 0.0934 e. The Bertz CT molecular complexity index is 495. The zero-order valence-corrected chi connectivity index (χ0v) is 10.2. The van der Waals surface area contributed by atoms with Crippen molar-refractivity contribution in [2.75, 3.05) is 5.32 Å². The monoisotopic (exact) mass is 250 g/mol. The highest BCUT2D eigenvalue weighted by Crippen LogP contribution is 2.40. The lowest BCUT2D eigenvalue weighted by Crippen LogP contribution is -2.06. The Hall–Kier alpha value is -1.06. The normalized spacial score (nSPS) is 18.4. The van der Waals surface area contributed by atoms with Crippen LogP contribution in [0.4, 0.5) is 5.69 Å². The van der Waals surface area contributed by atoms with Crippen molar-refractivity contribution in [1.29, 1.82) is 0 Å². The van der Waals surface area contributed by atoms with Gasteiger partial charge in [0.2, 0.25) is 0 Å². The topological polar surface area (TPSA) is 24.9 Å². The van der Waals surface area contributed by atoms with Crippen LogP contribution in [0.25, 0.3) is 0 Å². The van der Waals surface area contributed by atoms with Gasteiger partial charge in [0.05, 0.1) is 16.1 Å². The molecule has 82 valence electrons. The summed E-state index contributed by atoms with van der Waals surface area (Å²) in [6.07, 6.45) is 5.91. The first-order chi connectivity index (χ1) is 7.83. The molecule has 2 heterocycles. The van der Waals surface area contributed by atoms with Crippen molar-refractivity contribution >= 4 is 28.6 Å². The average Bonchev–Trinajstić information content (AvgIpc) is 2.81. The van der Waals surface area contributed by atoms with Crippen LogP contribution in [0.3, 0.4) is 0 Å². The largest absolute Gasteiger partial charge is 0.377 e. The smallest absolute Gasteiger partial charge is 0.0934 e. The molecule has 4 heteroatoms. The predicted octanol–water partition coefficient (Wildman–Crippen LogP) is 3.90. The van der Waals surface area contributed by atoms with Gasteiger partial charge in [-0.15, -0.1) is 11.3 Å². The number of pyridine rings is 1. The fraction of sp³-hybridized carbons (Fsp3) is 0.250. The van der Waals surface area contributed by atoms with Crippen molar-refractivity contribution in [3.05, 3.63) is 45.4 Å². The van der Waals surface area contributed by atoms with Gasteiger partial charge in [-0.1, -0.05) is 11.6 Å². The van der Waals surface area contributed by atoms with Gasteiger partial charge in [-0.3, -0.25) is 4.98 Å². The number of aryl methyl sites for hydroxylation is 1. The summed E-state index contributed by atoms with van der Waals surface area (Å²) >= 11 is 7.73. The fourth-order valence-corrected chi connectivity index (χ4v) is 3.49. The van der Waals surface area contributed by atoms with Crippen molar-refractivity contribution in [2.24, 2.45) is 0 Å². The minimum atomic E-state index is 0.392. The van der Waals surface area contributed by atoms with Crippen molar-refractivity contribution < 1.29 is 0 Å². The molecule has 1 aliphatic rings. The summed E-state index contributed by atoms with van der Waals surface area (Å²) in [6.45, 7) is 0. The van der Waals surface area contributed by atoms with E-state index in [1.165, 1.54) is 10.4 Å². The molecule has 0 aliphatic heterocycles. The van der Waals surface area contributed by atoms with E-state index in [4.69, 9.17) is 11.6 Å². The van der Waals surface area contributed by atoms with Crippen LogP contribution in [0.5, 0.6) is 0 Å². The lowest BCUT2D eigenvalue weighted by Gasteiger charge is -2.13. The quantitative estimate of drug-likeness (QED) is 0.875. The molecule has 16 heavy (non-hydrogen) atoms. The summed E-state index contributed by atoms with van der Waals surface area (Å²) in [5, 5.41) is 3.50. The van der Waals surface area contributed by atoms with Crippen LogP contribution in [-0.4, -0.2) is 4.98 Å². The number of thiophene rings is 1. The maximum atomic E-state index is 6.03. The summed E-state index contributed by atoms with van der Waals surface area (Å²) < 4.78 is 0.891. The van der Waals surface area contributed by atoms with E-state index in [-0.39, 0.29) is 0 Å². The van der Waals surface area contributed by atoms with E-state index >= 15 is 0 Å². The summed E-state index contributed by atoms with van der Waals surface area (Å²) in [5.41, 5.74) is 2.43. The van der Waals surface area contributed by atoms with E-state index in [2.05, 4.69) is 16.4 Å². The van der Waals surface area contributed by atoms with Crippen LogP contribution in [-0.2, 0) is 6.42 Å². The van der Waals surface area contributed by atoms with Crippen LogP contribution in [0.1, 0.15) is 22.9 Å². The van der Waals surface area contributed by atoms with Gasteiger partial charge >= 0.3 is 0 Å². The molecule has 1 atom stereocenters. The number of nitrogens with zero attached hydrogens (tertiary/aromatic N) is 1. The Morgan fingerprint density at radius 1 is 1.50 bits per heavy atom. The van der Waals surface area contributed by atoms with Crippen LogP contribution >= 0.6 is 22.9 Å². The van der Waals surface area contributed by atoms with Gasteiger partial charge in [-0.2, -0.15) is 0 Å². The minimum absolute atomic E-state index is 0.392. The Labute approximate surface area is 103 Å². The zero-order chi connectivity index (χ0) is 11.0. The van der Waals surface area contributed by atoms with E-state index in [1.807, 2.05) is 18.3 Å². The van der Waals surface area contributed by atoms with E-state index in [1.54, 1.807) is 17.5 Å². The summed E-state index contributed by atoms with van der Waals surface area (Å²) in [6, 6.07) is 6.46. The summed E-state index contributed by atoms with van der Waals surface area (Å²) in [7, 11) is 0. The molecule has 0 saturated heterocycles. The first-order valence-corrected chi connectivity index (χ1v) is 6.47. The molecule has 3 rings (SSSR count). The van der Waals surface area contributed by atoms with Gasteiger partial charge in [-0.25, -0.2) is 0 Å². The maximum absolute atomic E-state index is 6.03. The van der Waals surface area contributed by atoms with Crippen LogP contribution in [0.2, 0.25) is 4.34 Å². The third-order valence-electron chi connectivity index (χ3n) is 2.85. The Kier molecular flexibility index (Phi) is 2.58. The van der Waals surface area contributed by atoms with E-state index < -0.39 is 0 Å². The molecule has 0 aromatic carbocycles. The standard InChI is InChI=1S/C12H11ClN2S/c13-12-6-9-10(3-4-11(9)16-12)15-8-2-1-5-14-7-8/h1-2,5-7,10,15H,3-4H2. The van der Waals surface area contributed by atoms with Crippen molar-refractivity contribution in [3.63, 3.8) is 0 Å². The molecule has 2 aromatic heterocycles. The van der Waals surface area contributed by atoms with Crippen LogP contribution < -0.4 is 5.32 Å². The Balaban J connectivity index is 1.83. The lowest BCUT2D eigenvalue weighted by molar-refractivity contribution is 0.761. The predicted molar refractivity (Wildman–Crippen MR) is 68.3 cm³/mol. The summed E-state index contributed by atoms with van der Waals surface area (Å²) in [4.78, 5) is 5.52. The van der Waals surface area contributed by atoms with Crippen molar-refractivity contribution in [1.82, 2.24) is 4.98 Å². The van der Waals surface area contributed by atoms with Crippen molar-refractivity contribution in [3.8, 4) is 0 Å². The first-order valence-electron chi connectivity index (χ1n) is 5.27. The second kappa shape index (κ2) is 4.07. The molecule has 1 N–H and O–H groups in total. The molecule has 0 fully saturated rings. The molecule has 1 unspecified atom stereocenters. The number of aromatic nitrogens is 1. The van der Waals surface area contributed by atoms with Gasteiger partial charge in [0, 0.05) is 17.3 Å². The number of halogens is 1. The fourth-order valence-electron chi connectivity index (χ4n) is 2.13. The average molecular weight is 251 g/mol. The molecule has 0 spiro atoms. The SMILES string of the molecule is Clc1cc2c(s1)CCC2Nc1cccnc1. The summed E-state index contributed by atoms with van der Waals surface area (Å²) in [5.74, 6) is 0. The molecule has 2 aromatic rings. The molecular weight excluding hydrogens is 240 g/mol. The van der Waals surface area contributed by atoms with E-state index in [0.717, 1.165) is 22.9 Å². The molecular formula is C12H11ClN2S. The van der Waals surface area contributed by atoms with E-state index in [9.17, 15) is 0 Å². The number of hydrogen-bond acceptors (Lipinski definition) is 3. The minimum Gasteiger partial charge on any atom is -0.377 e. The molecule has 1 aliphatic carbocycles. The molecule has 0 radical (unpaired) electrons. The highest BCUT2D eigenvalue weighted by molar-refractivity contribution is 7.16. The number of anilines is 1. The highest BCUT2D eigenvalue weighted by atomic mass is 35.5. The number of hydrogen-bond donors (Lipinski definition) is 1. The van der Waals surface area contributed by atoms with Crippen LogP contribution in [0.15, 0.2) is 30.6 Å². The number of nitrogens with one attached hydrogen (secondary N) is 1. The Morgan fingerprint density at radius 3 is 3.25 bits per heavy atom. The molecule has 0 bridgehead atoms. The van der Waals surface area contributed by atoms with Gasteiger partial charge in [0.15, 0.2) is 0 Å². The van der Waals surface area contributed by atoms with Gasteiger partial charge in [-0.05, 0) is 36.6 Å². The second-order valence-electron chi connectivity index (χ2n) is 3.91. The van der Waals surface area contributed by atoms with Crippen molar-refractivity contribution in [2.45, 2.75) is 18.9 Å². The van der Waals surface area contributed by atoms with E-state index in [0.29, 0.717) is 6.04 Å². The van der Waals surface area contributed by atoms with Crippen LogP contribution in [0, 0.1) is 0 Å². The lowest BCUT2D eigenvalue weighted by atomic mass is 10.2. The third-order valence-corrected chi connectivity index (χ3v) is 4.19. The van der Waals surface area contributed by atoms with Gasteiger partial charge < -0.3 is 5.32 Å². The molecule has 2 nitrogen and oxygen atoms in total. The number of fused-ring (bicyclic) bond motifs is 1. The second-order valence-corrected chi connectivity index (χ2v) is 5.67. The first kappa shape index (κ1) is 10.1. The van der Waals surface area contributed by atoms with Gasteiger partial charge in [0.1, 0.15) is 0 Å². The number of rotatable bonds is 2. The zero-order valence-electron chi connectivity index (χ0n) is 8.61. The molecule has 0 saturated carbocycles. The Morgan fingerprint density at radius 2 is 2.44 bits per heavy atom. The van der Waals surface area contributed by atoms with Gasteiger partial charge in [0.25, 0.3) is 0 Å².